The molecule has 0 fully saturated rings. The van der Waals surface area contributed by atoms with Crippen molar-refractivity contribution in [3.8, 4) is 0 Å². The van der Waals surface area contributed by atoms with Gasteiger partial charge in [0.1, 0.15) is 11.6 Å². The molecule has 5 nitrogen and oxygen atoms in total. The molecule has 1 atom stereocenters. The second-order valence-corrected chi connectivity index (χ2v) is 6.86. The number of nitrogens with one attached hydrogen (secondary N) is 2. The van der Waals surface area contributed by atoms with Gasteiger partial charge in [0.15, 0.2) is 0 Å². The fourth-order valence-electron chi connectivity index (χ4n) is 3.16. The summed E-state index contributed by atoms with van der Waals surface area (Å²) in [7, 11) is 0. The van der Waals surface area contributed by atoms with Crippen molar-refractivity contribution in [2.24, 2.45) is 0 Å². The second-order valence-electron chi connectivity index (χ2n) is 6.86. The number of aromatic nitrogens is 2. The molecule has 0 aliphatic carbocycles. The number of aryl methyl sites for hydroxylation is 2. The zero-order chi connectivity index (χ0) is 20.1. The van der Waals surface area contributed by atoms with Gasteiger partial charge >= 0.3 is 0 Å². The van der Waals surface area contributed by atoms with Gasteiger partial charge < -0.3 is 10.3 Å². The molecule has 1 heterocycles. The first-order chi connectivity index (χ1) is 13.4. The predicted octanol–water partition coefficient (Wildman–Crippen LogP) is 3.17. The van der Waals surface area contributed by atoms with Crippen molar-refractivity contribution in [3.05, 3.63) is 99.0 Å². The van der Waals surface area contributed by atoms with Crippen LogP contribution in [-0.4, -0.2) is 15.9 Å². The number of hydrogen-bond donors (Lipinski definition) is 2. The smallest absolute Gasteiger partial charge is 0.251 e. The summed E-state index contributed by atoms with van der Waals surface area (Å²) in [6.07, 6.45) is 0.567. The third-order valence-electron chi connectivity index (χ3n) is 4.38. The highest BCUT2D eigenvalue weighted by atomic mass is 19.1. The van der Waals surface area contributed by atoms with E-state index in [1.165, 1.54) is 18.2 Å². The molecule has 2 N–H and O–H groups in total. The Hall–Kier alpha value is -3.28. The second kappa shape index (κ2) is 8.61. The summed E-state index contributed by atoms with van der Waals surface area (Å²) in [5.74, 6) is 0.00615. The standard InChI is InChI=1S/C22H22FN3O2/c1-14-4-3-5-16(10-14)11-21(27)26-20(17-6-8-18(23)9-7-17)12-19-13-22(28)25-15(2)24-19/h3-10,13,20H,11-12H2,1-2H3,(H,26,27)(H,24,25,28)/t20-/m0/s1. The molecule has 2 aromatic carbocycles. The van der Waals surface area contributed by atoms with E-state index in [9.17, 15) is 14.0 Å². The van der Waals surface area contributed by atoms with E-state index in [1.807, 2.05) is 31.2 Å². The highest BCUT2D eigenvalue weighted by Crippen LogP contribution is 2.18. The van der Waals surface area contributed by atoms with E-state index in [-0.39, 0.29) is 23.7 Å². The number of amides is 1. The third kappa shape index (κ3) is 5.36. The Kier molecular flexibility index (Phi) is 5.99. The van der Waals surface area contributed by atoms with E-state index in [2.05, 4.69) is 15.3 Å². The maximum Gasteiger partial charge on any atom is 0.251 e. The van der Waals surface area contributed by atoms with Gasteiger partial charge in [-0.2, -0.15) is 0 Å². The molecule has 0 aliphatic rings. The fraction of sp³-hybridized carbons (Fsp3) is 0.227. The van der Waals surface area contributed by atoms with Gasteiger partial charge in [-0.3, -0.25) is 9.59 Å². The number of carbonyl (C=O) groups excluding carboxylic acids is 1. The number of hydrogen-bond acceptors (Lipinski definition) is 3. The minimum atomic E-state index is -0.424. The summed E-state index contributed by atoms with van der Waals surface area (Å²) in [6, 6.07) is 14.7. The molecule has 3 rings (SSSR count). The number of benzene rings is 2. The molecule has 0 aliphatic heterocycles. The van der Waals surface area contributed by atoms with E-state index < -0.39 is 6.04 Å². The normalized spacial score (nSPS) is 11.8. The Balaban J connectivity index is 1.82. The van der Waals surface area contributed by atoms with Crippen molar-refractivity contribution in [3.63, 3.8) is 0 Å². The molecule has 1 aromatic heterocycles. The number of H-pyrrole nitrogens is 1. The van der Waals surface area contributed by atoms with Crippen LogP contribution in [0.25, 0.3) is 0 Å². The van der Waals surface area contributed by atoms with Gasteiger partial charge in [-0.1, -0.05) is 42.0 Å². The molecule has 3 aromatic rings. The topological polar surface area (TPSA) is 74.8 Å². The molecule has 0 radical (unpaired) electrons. The molecule has 0 saturated carbocycles. The summed E-state index contributed by atoms with van der Waals surface area (Å²) in [5.41, 5.74) is 3.07. The number of aromatic amines is 1. The molecule has 0 bridgehead atoms. The SMILES string of the molecule is Cc1cccc(CC(=O)N[C@@H](Cc2cc(=O)[nH]c(C)n2)c2ccc(F)cc2)c1. The number of rotatable bonds is 6. The third-order valence-corrected chi connectivity index (χ3v) is 4.38. The largest absolute Gasteiger partial charge is 0.349 e. The average Bonchev–Trinajstić information content (AvgIpc) is 2.61. The van der Waals surface area contributed by atoms with Crippen molar-refractivity contribution < 1.29 is 9.18 Å². The molecule has 0 unspecified atom stereocenters. The molecular formula is C22H22FN3O2. The Bertz CT molecular complexity index is 1030. The maximum absolute atomic E-state index is 13.3. The lowest BCUT2D eigenvalue weighted by Crippen LogP contribution is -2.31. The van der Waals surface area contributed by atoms with Gasteiger partial charge in [-0.15, -0.1) is 0 Å². The van der Waals surface area contributed by atoms with Crippen LogP contribution in [0.5, 0.6) is 0 Å². The van der Waals surface area contributed by atoms with Gasteiger partial charge in [0.25, 0.3) is 5.56 Å². The summed E-state index contributed by atoms with van der Waals surface area (Å²) in [4.78, 5) is 31.3. The predicted molar refractivity (Wildman–Crippen MR) is 105 cm³/mol. The van der Waals surface area contributed by atoms with Crippen LogP contribution in [0.1, 0.15) is 34.3 Å². The first-order valence-electron chi connectivity index (χ1n) is 9.06. The Morgan fingerprint density at radius 2 is 1.89 bits per heavy atom. The van der Waals surface area contributed by atoms with Crippen LogP contribution < -0.4 is 10.9 Å². The fourth-order valence-corrected chi connectivity index (χ4v) is 3.16. The van der Waals surface area contributed by atoms with E-state index in [4.69, 9.17) is 0 Å². The minimum absolute atomic E-state index is 0.151. The summed E-state index contributed by atoms with van der Waals surface area (Å²) >= 11 is 0. The van der Waals surface area contributed by atoms with E-state index in [1.54, 1.807) is 19.1 Å². The highest BCUT2D eigenvalue weighted by Gasteiger charge is 2.17. The van der Waals surface area contributed by atoms with Crippen molar-refractivity contribution in [2.45, 2.75) is 32.7 Å². The summed E-state index contributed by atoms with van der Waals surface area (Å²) in [5, 5.41) is 2.99. The minimum Gasteiger partial charge on any atom is -0.349 e. The Morgan fingerprint density at radius 1 is 1.14 bits per heavy atom. The van der Waals surface area contributed by atoms with Gasteiger partial charge in [0.2, 0.25) is 5.91 Å². The van der Waals surface area contributed by atoms with Crippen LogP contribution in [0.2, 0.25) is 0 Å². The first kappa shape index (κ1) is 19.5. The van der Waals surface area contributed by atoms with Crippen molar-refractivity contribution in [1.29, 1.82) is 0 Å². The van der Waals surface area contributed by atoms with Crippen molar-refractivity contribution >= 4 is 5.91 Å². The molecule has 1 amide bonds. The van der Waals surface area contributed by atoms with E-state index in [0.29, 0.717) is 17.9 Å². The lowest BCUT2D eigenvalue weighted by Gasteiger charge is -2.19. The summed E-state index contributed by atoms with van der Waals surface area (Å²) < 4.78 is 13.3. The highest BCUT2D eigenvalue weighted by molar-refractivity contribution is 5.79. The lowest BCUT2D eigenvalue weighted by atomic mass is 10.0. The van der Waals surface area contributed by atoms with Crippen LogP contribution in [0.15, 0.2) is 59.4 Å². The Labute approximate surface area is 162 Å². The molecule has 28 heavy (non-hydrogen) atoms. The van der Waals surface area contributed by atoms with Crippen LogP contribution in [0, 0.1) is 19.7 Å². The van der Waals surface area contributed by atoms with Gasteiger partial charge in [0.05, 0.1) is 18.2 Å². The van der Waals surface area contributed by atoms with E-state index in [0.717, 1.165) is 16.7 Å². The number of carbonyl (C=O) groups is 1. The van der Waals surface area contributed by atoms with Crippen LogP contribution in [0.3, 0.4) is 0 Å². The van der Waals surface area contributed by atoms with Crippen LogP contribution in [0.4, 0.5) is 4.39 Å². The van der Waals surface area contributed by atoms with Gasteiger partial charge in [-0.25, -0.2) is 9.37 Å². The van der Waals surface area contributed by atoms with Gasteiger partial charge in [-0.05, 0) is 37.1 Å². The van der Waals surface area contributed by atoms with Crippen molar-refractivity contribution in [2.75, 3.05) is 0 Å². The lowest BCUT2D eigenvalue weighted by molar-refractivity contribution is -0.121. The zero-order valence-corrected chi connectivity index (χ0v) is 15.8. The van der Waals surface area contributed by atoms with Crippen LogP contribution >= 0.6 is 0 Å². The van der Waals surface area contributed by atoms with E-state index >= 15 is 0 Å². The van der Waals surface area contributed by atoms with Crippen LogP contribution in [-0.2, 0) is 17.6 Å². The molecule has 6 heteroatoms. The monoisotopic (exact) mass is 379 g/mol. The van der Waals surface area contributed by atoms with Gasteiger partial charge in [0, 0.05) is 12.5 Å². The van der Waals surface area contributed by atoms with Crippen molar-refractivity contribution in [1.82, 2.24) is 15.3 Å². The number of nitrogens with zero attached hydrogens (tertiary/aromatic N) is 1. The Morgan fingerprint density at radius 3 is 2.57 bits per heavy atom. The summed E-state index contributed by atoms with van der Waals surface area (Å²) in [6.45, 7) is 3.68. The molecule has 144 valence electrons. The first-order valence-corrected chi connectivity index (χ1v) is 9.06. The zero-order valence-electron chi connectivity index (χ0n) is 15.8. The molecule has 0 saturated heterocycles. The molecule has 0 spiro atoms. The molecular weight excluding hydrogens is 357 g/mol. The average molecular weight is 379 g/mol. The quantitative estimate of drug-likeness (QED) is 0.691. The number of halogens is 1. The maximum atomic E-state index is 13.3.